The zero-order valence-electron chi connectivity index (χ0n) is 14.6. The van der Waals surface area contributed by atoms with E-state index in [0.29, 0.717) is 12.0 Å². The van der Waals surface area contributed by atoms with Crippen LogP contribution < -0.4 is 5.32 Å². The van der Waals surface area contributed by atoms with Crippen LogP contribution >= 0.6 is 0 Å². The third kappa shape index (κ3) is 3.97. The van der Waals surface area contributed by atoms with E-state index in [1.54, 1.807) is 12.1 Å². The minimum Gasteiger partial charge on any atom is -0.465 e. The minimum absolute atomic E-state index is 0.109. The van der Waals surface area contributed by atoms with Gasteiger partial charge in [0.05, 0.1) is 18.7 Å². The van der Waals surface area contributed by atoms with E-state index in [-0.39, 0.29) is 23.7 Å². The first-order valence-electron chi connectivity index (χ1n) is 8.59. The standard InChI is InChI=1S/C21H23NO3/c1-14(15-7-9-16(10-8-15)21(24)25-2)11-20(23)19-12-17-5-3-4-6-18(17)13-22-19/h3-10,14,19,22H,11-13H2,1-2H3/t14-,19-/m1/s1. The maximum absolute atomic E-state index is 12.7. The van der Waals surface area contributed by atoms with Gasteiger partial charge in [0.2, 0.25) is 0 Å². The molecule has 0 aliphatic carbocycles. The summed E-state index contributed by atoms with van der Waals surface area (Å²) in [5, 5.41) is 3.35. The second-order valence-corrected chi connectivity index (χ2v) is 6.59. The molecule has 1 aliphatic rings. The van der Waals surface area contributed by atoms with Gasteiger partial charge in [-0.1, -0.05) is 43.3 Å². The Bertz CT molecular complexity index is 767. The molecule has 0 amide bonds. The Kier molecular flexibility index (Phi) is 5.29. The number of ether oxygens (including phenoxy) is 1. The number of hydrogen-bond acceptors (Lipinski definition) is 4. The van der Waals surface area contributed by atoms with E-state index in [1.807, 2.05) is 31.2 Å². The molecule has 1 aliphatic heterocycles. The molecular weight excluding hydrogens is 314 g/mol. The number of Topliss-reactive ketones (excluding diaryl/α,β-unsaturated/α-hetero) is 1. The van der Waals surface area contributed by atoms with Crippen LogP contribution in [0.15, 0.2) is 48.5 Å². The smallest absolute Gasteiger partial charge is 0.337 e. The molecule has 2 aromatic rings. The maximum Gasteiger partial charge on any atom is 0.337 e. The molecule has 1 heterocycles. The fourth-order valence-electron chi connectivity index (χ4n) is 3.31. The third-order valence-corrected chi connectivity index (χ3v) is 4.88. The van der Waals surface area contributed by atoms with Crippen LogP contribution in [0, 0.1) is 0 Å². The van der Waals surface area contributed by atoms with Gasteiger partial charge in [-0.25, -0.2) is 4.79 Å². The highest BCUT2D eigenvalue weighted by atomic mass is 16.5. The van der Waals surface area contributed by atoms with Crippen molar-refractivity contribution in [3.8, 4) is 0 Å². The Hall–Kier alpha value is -2.46. The molecular formula is C21H23NO3. The average Bonchev–Trinajstić information content (AvgIpc) is 2.67. The summed E-state index contributed by atoms with van der Waals surface area (Å²) < 4.78 is 4.71. The Labute approximate surface area is 148 Å². The molecule has 0 radical (unpaired) electrons. The molecule has 1 N–H and O–H groups in total. The maximum atomic E-state index is 12.7. The summed E-state index contributed by atoms with van der Waals surface area (Å²) in [6.07, 6.45) is 1.24. The Morgan fingerprint density at radius 2 is 1.80 bits per heavy atom. The molecule has 2 aromatic carbocycles. The van der Waals surface area contributed by atoms with Crippen LogP contribution in [0.2, 0.25) is 0 Å². The predicted octanol–water partition coefficient (Wildman–Crippen LogP) is 3.25. The summed E-state index contributed by atoms with van der Waals surface area (Å²) in [5.74, 6) is -0.00225. The summed E-state index contributed by atoms with van der Waals surface area (Å²) in [4.78, 5) is 24.2. The molecule has 0 saturated heterocycles. The van der Waals surface area contributed by atoms with Crippen LogP contribution in [-0.4, -0.2) is 24.9 Å². The monoisotopic (exact) mass is 337 g/mol. The highest BCUT2D eigenvalue weighted by Crippen LogP contribution is 2.23. The van der Waals surface area contributed by atoms with Crippen LogP contribution in [0.1, 0.15) is 46.3 Å². The van der Waals surface area contributed by atoms with Crippen molar-refractivity contribution < 1.29 is 14.3 Å². The van der Waals surface area contributed by atoms with E-state index in [1.165, 1.54) is 18.2 Å². The fraction of sp³-hybridized carbons (Fsp3) is 0.333. The van der Waals surface area contributed by atoms with Gasteiger partial charge in [0.25, 0.3) is 0 Å². The van der Waals surface area contributed by atoms with Crippen molar-refractivity contribution >= 4 is 11.8 Å². The summed E-state index contributed by atoms with van der Waals surface area (Å²) in [7, 11) is 1.37. The molecule has 0 fully saturated rings. The lowest BCUT2D eigenvalue weighted by Crippen LogP contribution is -2.42. The second-order valence-electron chi connectivity index (χ2n) is 6.59. The van der Waals surface area contributed by atoms with E-state index in [4.69, 9.17) is 4.74 Å². The average molecular weight is 337 g/mol. The molecule has 0 spiro atoms. The topological polar surface area (TPSA) is 55.4 Å². The largest absolute Gasteiger partial charge is 0.465 e. The molecule has 4 heteroatoms. The van der Waals surface area contributed by atoms with Gasteiger partial charge in [-0.05, 0) is 41.2 Å². The number of benzene rings is 2. The number of methoxy groups -OCH3 is 1. The van der Waals surface area contributed by atoms with Crippen molar-refractivity contribution in [3.63, 3.8) is 0 Å². The van der Waals surface area contributed by atoms with Crippen LogP contribution in [0.3, 0.4) is 0 Å². The van der Waals surface area contributed by atoms with E-state index >= 15 is 0 Å². The number of carbonyl (C=O) groups excluding carboxylic acids is 2. The summed E-state index contributed by atoms with van der Waals surface area (Å²) in [6, 6.07) is 15.4. The number of hydrogen-bond donors (Lipinski definition) is 1. The number of rotatable bonds is 5. The zero-order chi connectivity index (χ0) is 17.8. The summed E-state index contributed by atoms with van der Waals surface area (Å²) in [5.41, 5.74) is 4.11. The molecule has 0 unspecified atom stereocenters. The van der Waals surface area contributed by atoms with Gasteiger partial charge in [0, 0.05) is 13.0 Å². The zero-order valence-corrected chi connectivity index (χ0v) is 14.6. The van der Waals surface area contributed by atoms with Crippen molar-refractivity contribution in [1.29, 1.82) is 0 Å². The summed E-state index contributed by atoms with van der Waals surface area (Å²) >= 11 is 0. The molecule has 2 atom stereocenters. The Morgan fingerprint density at radius 1 is 1.12 bits per heavy atom. The molecule has 0 bridgehead atoms. The van der Waals surface area contributed by atoms with Crippen molar-refractivity contribution in [2.24, 2.45) is 0 Å². The lowest BCUT2D eigenvalue weighted by molar-refractivity contribution is -0.121. The first kappa shape index (κ1) is 17.4. The van der Waals surface area contributed by atoms with E-state index in [0.717, 1.165) is 18.5 Å². The van der Waals surface area contributed by atoms with Crippen LogP contribution in [0.4, 0.5) is 0 Å². The fourth-order valence-corrected chi connectivity index (χ4v) is 3.31. The molecule has 3 rings (SSSR count). The van der Waals surface area contributed by atoms with Crippen molar-refractivity contribution in [3.05, 3.63) is 70.8 Å². The Morgan fingerprint density at radius 3 is 2.48 bits per heavy atom. The van der Waals surface area contributed by atoms with Crippen LogP contribution in [-0.2, 0) is 22.5 Å². The number of ketones is 1. The number of carbonyl (C=O) groups is 2. The lowest BCUT2D eigenvalue weighted by Gasteiger charge is -2.26. The molecule has 0 aromatic heterocycles. The molecule has 130 valence electrons. The van der Waals surface area contributed by atoms with Gasteiger partial charge in [-0.3, -0.25) is 4.79 Å². The number of esters is 1. The van der Waals surface area contributed by atoms with Crippen LogP contribution in [0.25, 0.3) is 0 Å². The van der Waals surface area contributed by atoms with Crippen molar-refractivity contribution in [2.45, 2.75) is 38.3 Å². The normalized spacial score (nSPS) is 17.4. The summed E-state index contributed by atoms with van der Waals surface area (Å²) in [6.45, 7) is 2.79. The second kappa shape index (κ2) is 7.62. The first-order chi connectivity index (χ1) is 12.1. The van der Waals surface area contributed by atoms with E-state index in [2.05, 4.69) is 17.4 Å². The Balaban J connectivity index is 1.62. The highest BCUT2D eigenvalue weighted by Gasteiger charge is 2.25. The van der Waals surface area contributed by atoms with Gasteiger partial charge in [0.15, 0.2) is 5.78 Å². The van der Waals surface area contributed by atoms with Crippen LogP contribution in [0.5, 0.6) is 0 Å². The third-order valence-electron chi connectivity index (χ3n) is 4.88. The molecule has 0 saturated carbocycles. The first-order valence-corrected chi connectivity index (χ1v) is 8.59. The number of fused-ring (bicyclic) bond motifs is 1. The van der Waals surface area contributed by atoms with Gasteiger partial charge in [0.1, 0.15) is 0 Å². The molecule has 25 heavy (non-hydrogen) atoms. The predicted molar refractivity (Wildman–Crippen MR) is 96.6 cm³/mol. The quantitative estimate of drug-likeness (QED) is 0.851. The van der Waals surface area contributed by atoms with Gasteiger partial charge < -0.3 is 10.1 Å². The van der Waals surface area contributed by atoms with Gasteiger partial charge in [-0.15, -0.1) is 0 Å². The molecule has 4 nitrogen and oxygen atoms in total. The number of nitrogens with one attached hydrogen (secondary N) is 1. The van der Waals surface area contributed by atoms with E-state index < -0.39 is 0 Å². The SMILES string of the molecule is COC(=O)c1ccc([C@H](C)CC(=O)[C@H]2Cc3ccccc3CN2)cc1. The van der Waals surface area contributed by atoms with Crippen molar-refractivity contribution in [1.82, 2.24) is 5.32 Å². The lowest BCUT2D eigenvalue weighted by atomic mass is 9.88. The highest BCUT2D eigenvalue weighted by molar-refractivity contribution is 5.89. The van der Waals surface area contributed by atoms with Gasteiger partial charge in [-0.2, -0.15) is 0 Å². The van der Waals surface area contributed by atoms with Gasteiger partial charge >= 0.3 is 5.97 Å². The minimum atomic E-state index is -0.347. The van der Waals surface area contributed by atoms with E-state index in [9.17, 15) is 9.59 Å². The van der Waals surface area contributed by atoms with Crippen molar-refractivity contribution in [2.75, 3.05) is 7.11 Å².